The molecule has 1 rings (SSSR count). The number of aliphatic hydroxyl groups excluding tert-OH is 1. The first-order chi connectivity index (χ1) is 8.22. The van der Waals surface area contributed by atoms with E-state index < -0.39 is 0 Å². The average Bonchev–Trinajstić information content (AvgIpc) is 2.34. The summed E-state index contributed by atoms with van der Waals surface area (Å²) in [7, 11) is 1.60. The molecule has 0 saturated heterocycles. The number of benzene rings is 1. The first-order valence-electron chi connectivity index (χ1n) is 5.53. The topological polar surface area (TPSA) is 50.7 Å². The van der Waals surface area contributed by atoms with Crippen LogP contribution in [0.15, 0.2) is 16.6 Å². The first-order valence-corrected chi connectivity index (χ1v) is 6.33. The van der Waals surface area contributed by atoms with Gasteiger partial charge in [0, 0.05) is 6.54 Å². The lowest BCUT2D eigenvalue weighted by molar-refractivity contribution is 0.195. The second-order valence-electron chi connectivity index (χ2n) is 3.46. The summed E-state index contributed by atoms with van der Waals surface area (Å²) in [5.74, 6) is 1.29. The molecule has 0 spiro atoms. The molecule has 0 unspecified atom stereocenters. The molecule has 5 heteroatoms. The molecular weight excluding hydrogens is 286 g/mol. The summed E-state index contributed by atoms with van der Waals surface area (Å²) in [5, 5.41) is 12.0. The van der Waals surface area contributed by atoms with E-state index in [9.17, 15) is 0 Å². The van der Waals surface area contributed by atoms with Crippen LogP contribution in [-0.2, 0) is 6.54 Å². The van der Waals surface area contributed by atoms with Crippen molar-refractivity contribution < 1.29 is 14.6 Å². The van der Waals surface area contributed by atoms with Crippen molar-refractivity contribution in [2.45, 2.75) is 13.5 Å². The monoisotopic (exact) mass is 303 g/mol. The minimum atomic E-state index is -0.0191. The van der Waals surface area contributed by atoms with E-state index in [0.29, 0.717) is 11.5 Å². The standard InChI is InChI=1S/C12H18BrNO3/c1-3-14-8-9-6-10(13)12(17-5-4-15)11(7-9)16-2/h6-7,14-15H,3-5,8H2,1-2H3. The summed E-state index contributed by atoms with van der Waals surface area (Å²) >= 11 is 3.45. The van der Waals surface area contributed by atoms with Gasteiger partial charge < -0.3 is 19.9 Å². The number of hydrogen-bond acceptors (Lipinski definition) is 4. The largest absolute Gasteiger partial charge is 0.493 e. The van der Waals surface area contributed by atoms with Crippen LogP contribution in [0.25, 0.3) is 0 Å². The highest BCUT2D eigenvalue weighted by Crippen LogP contribution is 2.36. The van der Waals surface area contributed by atoms with Gasteiger partial charge in [-0.1, -0.05) is 6.92 Å². The Morgan fingerprint density at radius 2 is 2.18 bits per heavy atom. The molecule has 0 aliphatic carbocycles. The van der Waals surface area contributed by atoms with E-state index in [1.54, 1.807) is 7.11 Å². The molecular formula is C12H18BrNO3. The number of hydrogen-bond donors (Lipinski definition) is 2. The van der Waals surface area contributed by atoms with E-state index >= 15 is 0 Å². The Hall–Kier alpha value is -0.780. The number of ether oxygens (including phenoxy) is 2. The highest BCUT2D eigenvalue weighted by molar-refractivity contribution is 9.10. The molecule has 0 aromatic heterocycles. The molecule has 0 amide bonds. The zero-order valence-electron chi connectivity index (χ0n) is 10.1. The van der Waals surface area contributed by atoms with Crippen molar-refractivity contribution in [3.8, 4) is 11.5 Å². The predicted octanol–water partition coefficient (Wildman–Crippen LogP) is 1.94. The second kappa shape index (κ2) is 7.53. The fourth-order valence-corrected chi connectivity index (χ4v) is 2.04. The number of aliphatic hydroxyl groups is 1. The molecule has 0 atom stereocenters. The van der Waals surface area contributed by atoms with Crippen molar-refractivity contribution >= 4 is 15.9 Å². The zero-order chi connectivity index (χ0) is 12.7. The molecule has 0 aliphatic rings. The van der Waals surface area contributed by atoms with Crippen LogP contribution >= 0.6 is 15.9 Å². The summed E-state index contributed by atoms with van der Waals surface area (Å²) in [6.45, 7) is 4.00. The Morgan fingerprint density at radius 1 is 1.41 bits per heavy atom. The lowest BCUT2D eigenvalue weighted by Crippen LogP contribution is -2.12. The lowest BCUT2D eigenvalue weighted by Gasteiger charge is -2.14. The molecule has 4 nitrogen and oxygen atoms in total. The van der Waals surface area contributed by atoms with Crippen molar-refractivity contribution in [3.63, 3.8) is 0 Å². The highest BCUT2D eigenvalue weighted by atomic mass is 79.9. The third-order valence-corrected chi connectivity index (χ3v) is 2.80. The molecule has 0 radical (unpaired) electrons. The average molecular weight is 304 g/mol. The third-order valence-electron chi connectivity index (χ3n) is 2.21. The fraction of sp³-hybridized carbons (Fsp3) is 0.500. The van der Waals surface area contributed by atoms with E-state index in [4.69, 9.17) is 14.6 Å². The van der Waals surface area contributed by atoms with Crippen LogP contribution < -0.4 is 14.8 Å². The van der Waals surface area contributed by atoms with E-state index in [0.717, 1.165) is 23.1 Å². The van der Waals surface area contributed by atoms with Gasteiger partial charge in [-0.2, -0.15) is 0 Å². The van der Waals surface area contributed by atoms with Crippen LogP contribution in [0, 0.1) is 0 Å². The van der Waals surface area contributed by atoms with Crippen molar-refractivity contribution in [1.82, 2.24) is 5.32 Å². The second-order valence-corrected chi connectivity index (χ2v) is 4.32. The third kappa shape index (κ3) is 4.18. The van der Waals surface area contributed by atoms with Crippen molar-refractivity contribution in [2.75, 3.05) is 26.9 Å². The number of halogens is 1. The lowest BCUT2D eigenvalue weighted by atomic mass is 10.2. The van der Waals surface area contributed by atoms with Crippen molar-refractivity contribution in [3.05, 3.63) is 22.2 Å². The summed E-state index contributed by atoms with van der Waals surface area (Å²) in [5.41, 5.74) is 1.12. The number of methoxy groups -OCH3 is 1. The maximum Gasteiger partial charge on any atom is 0.175 e. The highest BCUT2D eigenvalue weighted by Gasteiger charge is 2.11. The van der Waals surface area contributed by atoms with Gasteiger partial charge in [0.25, 0.3) is 0 Å². The van der Waals surface area contributed by atoms with Gasteiger partial charge in [0.05, 0.1) is 18.2 Å². The zero-order valence-corrected chi connectivity index (χ0v) is 11.7. The van der Waals surface area contributed by atoms with Crippen molar-refractivity contribution in [1.29, 1.82) is 0 Å². The minimum absolute atomic E-state index is 0.0191. The van der Waals surface area contributed by atoms with Gasteiger partial charge in [-0.25, -0.2) is 0 Å². The molecule has 1 aromatic rings. The molecule has 2 N–H and O–H groups in total. The quantitative estimate of drug-likeness (QED) is 0.808. The van der Waals surface area contributed by atoms with E-state index in [2.05, 4.69) is 28.2 Å². The molecule has 0 saturated carbocycles. The summed E-state index contributed by atoms with van der Waals surface area (Å²) in [4.78, 5) is 0. The van der Waals surface area contributed by atoms with Crippen LogP contribution in [0.4, 0.5) is 0 Å². The molecule has 0 bridgehead atoms. The molecule has 1 aromatic carbocycles. The minimum Gasteiger partial charge on any atom is -0.493 e. The van der Waals surface area contributed by atoms with Gasteiger partial charge in [-0.3, -0.25) is 0 Å². The van der Waals surface area contributed by atoms with Gasteiger partial charge in [0.15, 0.2) is 11.5 Å². The maximum atomic E-state index is 8.76. The van der Waals surface area contributed by atoms with Gasteiger partial charge in [-0.05, 0) is 40.2 Å². The van der Waals surface area contributed by atoms with Gasteiger partial charge >= 0.3 is 0 Å². The Bertz CT molecular complexity index is 358. The van der Waals surface area contributed by atoms with E-state index in [1.807, 2.05) is 12.1 Å². The fourth-order valence-electron chi connectivity index (χ4n) is 1.43. The maximum absolute atomic E-state index is 8.76. The summed E-state index contributed by atoms with van der Waals surface area (Å²) < 4.78 is 11.5. The van der Waals surface area contributed by atoms with Crippen molar-refractivity contribution in [2.24, 2.45) is 0 Å². The van der Waals surface area contributed by atoms with Crippen LogP contribution in [0.5, 0.6) is 11.5 Å². The van der Waals surface area contributed by atoms with Crippen LogP contribution in [-0.4, -0.2) is 32.0 Å². The number of nitrogens with one attached hydrogen (secondary N) is 1. The first kappa shape index (κ1) is 14.3. The predicted molar refractivity (Wildman–Crippen MR) is 70.7 cm³/mol. The van der Waals surface area contributed by atoms with E-state index in [1.165, 1.54) is 0 Å². The summed E-state index contributed by atoms with van der Waals surface area (Å²) in [6, 6.07) is 3.91. The molecule has 96 valence electrons. The molecule has 17 heavy (non-hydrogen) atoms. The van der Waals surface area contributed by atoms with Crippen LogP contribution in [0.2, 0.25) is 0 Å². The molecule has 0 fully saturated rings. The Kier molecular flexibility index (Phi) is 6.32. The SMILES string of the molecule is CCNCc1cc(Br)c(OCCO)c(OC)c1. The Balaban J connectivity index is 2.90. The smallest absolute Gasteiger partial charge is 0.175 e. The van der Waals surface area contributed by atoms with Gasteiger partial charge in [-0.15, -0.1) is 0 Å². The Labute approximate surface area is 110 Å². The van der Waals surface area contributed by atoms with Crippen LogP contribution in [0.3, 0.4) is 0 Å². The normalized spacial score (nSPS) is 10.4. The Morgan fingerprint density at radius 3 is 2.76 bits per heavy atom. The summed E-state index contributed by atoms with van der Waals surface area (Å²) in [6.07, 6.45) is 0. The molecule has 0 aliphatic heterocycles. The van der Waals surface area contributed by atoms with Gasteiger partial charge in [0.1, 0.15) is 6.61 Å². The van der Waals surface area contributed by atoms with E-state index in [-0.39, 0.29) is 13.2 Å². The van der Waals surface area contributed by atoms with Gasteiger partial charge in [0.2, 0.25) is 0 Å². The van der Waals surface area contributed by atoms with Crippen LogP contribution in [0.1, 0.15) is 12.5 Å². The number of rotatable bonds is 7. The molecule has 0 heterocycles.